The van der Waals surface area contributed by atoms with Crippen LogP contribution in [0, 0.1) is 5.41 Å². The number of carbonyl (C=O) groups is 10. The summed E-state index contributed by atoms with van der Waals surface area (Å²) in [6.07, 6.45) is 2.33. The molecule has 14 N–H and O–H groups in total. The van der Waals surface area contributed by atoms with Gasteiger partial charge < -0.3 is 64.0 Å². The Hall–Kier alpha value is -5.60. The molecule has 1 aliphatic rings. The quantitative estimate of drug-likeness (QED) is 0.0244. The molecule has 0 spiro atoms. The zero-order valence-corrected chi connectivity index (χ0v) is 42.0. The van der Waals surface area contributed by atoms with Crippen molar-refractivity contribution in [2.24, 2.45) is 5.73 Å². The highest BCUT2D eigenvalue weighted by molar-refractivity contribution is 8.76. The van der Waals surface area contributed by atoms with Gasteiger partial charge in [0.1, 0.15) is 42.0 Å². The van der Waals surface area contributed by atoms with Gasteiger partial charge in [0.15, 0.2) is 5.96 Å². The summed E-state index contributed by atoms with van der Waals surface area (Å²) < 4.78 is 0. The predicted octanol–water partition coefficient (Wildman–Crippen LogP) is -1.99. The van der Waals surface area contributed by atoms with E-state index in [9.17, 15) is 53.1 Å². The molecular weight excluding hydrogens is 957 g/mol. The van der Waals surface area contributed by atoms with Crippen LogP contribution >= 0.6 is 33.3 Å². The van der Waals surface area contributed by atoms with Crippen LogP contribution in [0.1, 0.15) is 71.8 Å². The zero-order valence-electron chi connectivity index (χ0n) is 39.6. The molecule has 1 aliphatic heterocycles. The van der Waals surface area contributed by atoms with Crippen molar-refractivity contribution in [2.45, 2.75) is 114 Å². The average molecular weight is 1030 g/mol. The lowest BCUT2D eigenvalue weighted by Crippen LogP contribution is -2.59. The van der Waals surface area contributed by atoms with Crippen LogP contribution in [-0.2, 0) is 54.4 Å². The second kappa shape index (κ2) is 31.5. The van der Waals surface area contributed by atoms with E-state index in [0.29, 0.717) is 24.9 Å². The molecular formula is C43H68N12O11S3. The van der Waals surface area contributed by atoms with Crippen LogP contribution in [0.3, 0.4) is 0 Å². The molecule has 1 heterocycles. The smallest absolute Gasteiger partial charge is 0.305 e. The van der Waals surface area contributed by atoms with Gasteiger partial charge in [0.25, 0.3) is 0 Å². The lowest BCUT2D eigenvalue weighted by Gasteiger charge is -2.26. The Morgan fingerprint density at radius 3 is 2.19 bits per heavy atom. The Bertz CT molecular complexity index is 1940. The van der Waals surface area contributed by atoms with Crippen LogP contribution in [0.25, 0.3) is 0 Å². The molecule has 69 heavy (non-hydrogen) atoms. The summed E-state index contributed by atoms with van der Waals surface area (Å²) in [6.45, 7) is 6.98. The number of Topliss-reactive ketones (excluding diaryl/α,β-unsaturated/α-hetero) is 1. The van der Waals surface area contributed by atoms with Gasteiger partial charge in [0, 0.05) is 30.0 Å². The molecule has 1 aromatic rings. The molecule has 0 unspecified atom stereocenters. The minimum atomic E-state index is -1.75. The van der Waals surface area contributed by atoms with E-state index in [2.05, 4.69) is 53.2 Å². The molecule has 2 rings (SSSR count). The van der Waals surface area contributed by atoms with E-state index in [4.69, 9.17) is 11.1 Å². The van der Waals surface area contributed by atoms with Gasteiger partial charge in [-0.05, 0) is 78.2 Å². The van der Waals surface area contributed by atoms with Crippen molar-refractivity contribution >= 4 is 98.3 Å². The van der Waals surface area contributed by atoms with Gasteiger partial charge in [-0.25, -0.2) is 0 Å². The molecule has 6 atom stereocenters. The molecule has 0 radical (unpaired) electrons. The number of aliphatic carboxylic acids is 1. The standard InChI is InChI=1S/C43H68N12O11S3/c1-25(56)20-47-37(62)29(18-26-12-7-6-8-13-26)53-41(66)32-23-69-68-22-31(54-38(63)28(50-34(58)24-67-5)14-9-10-17-49-43(2,3)4)40(65)52-27(15-11-16-46-42(44)45)36(61)48-21-33(57)51-30(19-35(59)60)39(64)55-32/h6-8,12-13,27-32,49H,9-11,14-24H2,1-5H3,(H,47,62)(H,48,61)(H,50,58)(H,51,57)(H,52,65)(H,53,66)(H,54,63)(H,55,64)(H,59,60)(H4,44,45,46)/t27-,28-,29-,30-,31-,32-/m0/s1. The molecule has 0 aromatic heterocycles. The van der Waals surface area contributed by atoms with Crippen molar-refractivity contribution in [3.8, 4) is 0 Å². The lowest BCUT2D eigenvalue weighted by atomic mass is 10.0. The van der Waals surface area contributed by atoms with E-state index in [0.717, 1.165) is 21.6 Å². The van der Waals surface area contributed by atoms with Crippen LogP contribution < -0.4 is 58.9 Å². The van der Waals surface area contributed by atoms with Crippen molar-refractivity contribution in [2.75, 3.05) is 49.7 Å². The maximum absolute atomic E-state index is 14.2. The summed E-state index contributed by atoms with van der Waals surface area (Å²) in [5, 5.41) is 43.4. The van der Waals surface area contributed by atoms with Gasteiger partial charge in [-0.1, -0.05) is 51.9 Å². The van der Waals surface area contributed by atoms with Crippen molar-refractivity contribution in [3.63, 3.8) is 0 Å². The average Bonchev–Trinajstić information content (AvgIpc) is 3.27. The van der Waals surface area contributed by atoms with Crippen LogP contribution in [0.5, 0.6) is 0 Å². The van der Waals surface area contributed by atoms with Crippen molar-refractivity contribution in [1.29, 1.82) is 5.41 Å². The first-order chi connectivity index (χ1) is 32.6. The maximum atomic E-state index is 14.2. The molecule has 23 nitrogen and oxygen atoms in total. The molecule has 1 saturated heterocycles. The SMILES string of the molecule is CSCC(=O)N[C@@H](CCCCNC(C)(C)C)C(=O)N[C@H]1CSSC[C@@H](C(=O)N[C@@H](Cc2ccccc2)C(=O)NCC(C)=O)NC(=O)[C@H](CC(=O)O)NC(=O)CNC(=O)[C@H](CCCNC(=N)N)NC1=O. The summed E-state index contributed by atoms with van der Waals surface area (Å²) in [7, 11) is 1.95. The number of ketones is 1. The van der Waals surface area contributed by atoms with E-state index in [1.165, 1.54) is 18.7 Å². The minimum Gasteiger partial charge on any atom is -0.481 e. The molecule has 8 amide bonds. The number of hydrogen-bond acceptors (Lipinski definition) is 15. The Kier molecular flexibility index (Phi) is 27.2. The second-order valence-corrected chi connectivity index (χ2v) is 20.5. The molecule has 0 aliphatic carbocycles. The van der Waals surface area contributed by atoms with Gasteiger partial charge in [-0.2, -0.15) is 11.8 Å². The summed E-state index contributed by atoms with van der Waals surface area (Å²) in [5.74, 6) is -9.03. The van der Waals surface area contributed by atoms with E-state index < -0.39 is 102 Å². The molecule has 384 valence electrons. The van der Waals surface area contributed by atoms with Gasteiger partial charge in [-0.15, -0.1) is 0 Å². The number of thioether (sulfide) groups is 1. The fraction of sp³-hybridized carbons (Fsp3) is 0.605. The second-order valence-electron chi connectivity index (χ2n) is 17.1. The van der Waals surface area contributed by atoms with Crippen LogP contribution in [-0.4, -0.2) is 162 Å². The number of rotatable bonds is 23. The third kappa shape index (κ3) is 25.5. The number of hydrogen-bond donors (Lipinski definition) is 13. The number of carboxylic acid groups (broad SMARTS) is 1. The first-order valence-electron chi connectivity index (χ1n) is 22.3. The molecule has 0 saturated carbocycles. The van der Waals surface area contributed by atoms with E-state index in [-0.39, 0.29) is 73.3 Å². The minimum absolute atomic E-state index is 0.0282. The number of amides is 8. The molecule has 0 bridgehead atoms. The van der Waals surface area contributed by atoms with Crippen LogP contribution in [0.15, 0.2) is 30.3 Å². The lowest BCUT2D eigenvalue weighted by molar-refractivity contribution is -0.141. The Balaban J connectivity index is 2.56. The van der Waals surface area contributed by atoms with E-state index in [1.807, 2.05) is 20.8 Å². The topological polar surface area (TPSA) is 361 Å². The maximum Gasteiger partial charge on any atom is 0.305 e. The highest BCUT2D eigenvalue weighted by atomic mass is 33.1. The Labute approximate surface area is 414 Å². The molecule has 1 fully saturated rings. The van der Waals surface area contributed by atoms with E-state index in [1.54, 1.807) is 36.6 Å². The van der Waals surface area contributed by atoms with E-state index >= 15 is 0 Å². The van der Waals surface area contributed by atoms with Gasteiger partial charge in [0.2, 0.25) is 47.3 Å². The number of benzene rings is 1. The first-order valence-corrected chi connectivity index (χ1v) is 26.1. The summed E-state index contributed by atoms with van der Waals surface area (Å²) in [4.78, 5) is 133. The highest BCUT2D eigenvalue weighted by Crippen LogP contribution is 2.24. The number of guanidine groups is 1. The summed E-state index contributed by atoms with van der Waals surface area (Å²) >= 11 is 1.25. The Morgan fingerprint density at radius 2 is 1.55 bits per heavy atom. The highest BCUT2D eigenvalue weighted by Gasteiger charge is 2.34. The number of carbonyl (C=O) groups excluding carboxylic acids is 9. The number of nitrogens with two attached hydrogens (primary N) is 1. The third-order valence-electron chi connectivity index (χ3n) is 9.82. The number of carboxylic acids is 1. The number of nitrogens with one attached hydrogen (secondary N) is 11. The van der Waals surface area contributed by atoms with Crippen molar-refractivity contribution in [3.05, 3.63) is 35.9 Å². The van der Waals surface area contributed by atoms with Crippen LogP contribution in [0.2, 0.25) is 0 Å². The molecule has 26 heteroatoms. The van der Waals surface area contributed by atoms with Gasteiger partial charge >= 0.3 is 5.97 Å². The number of unbranched alkanes of at least 4 members (excludes halogenated alkanes) is 1. The summed E-state index contributed by atoms with van der Waals surface area (Å²) in [6, 6.07) is 0.377. The first kappa shape index (κ1) is 59.5. The predicted molar refractivity (Wildman–Crippen MR) is 265 cm³/mol. The zero-order chi connectivity index (χ0) is 51.5. The largest absolute Gasteiger partial charge is 0.481 e. The Morgan fingerprint density at radius 1 is 0.855 bits per heavy atom. The monoisotopic (exact) mass is 1020 g/mol. The summed E-state index contributed by atoms with van der Waals surface area (Å²) in [5.41, 5.74) is 5.90. The normalized spacial score (nSPS) is 19.4. The van der Waals surface area contributed by atoms with Gasteiger partial charge in [-0.3, -0.25) is 53.4 Å². The third-order valence-corrected chi connectivity index (χ3v) is 12.8. The van der Waals surface area contributed by atoms with Crippen LogP contribution in [0.4, 0.5) is 0 Å². The fourth-order valence-corrected chi connectivity index (χ4v) is 9.05. The van der Waals surface area contributed by atoms with Crippen molar-refractivity contribution in [1.82, 2.24) is 53.2 Å². The van der Waals surface area contributed by atoms with Gasteiger partial charge in [0.05, 0.1) is 25.3 Å². The fourth-order valence-electron chi connectivity index (χ4n) is 6.37. The molecule has 1 aromatic carbocycles. The van der Waals surface area contributed by atoms with Crippen molar-refractivity contribution < 1.29 is 53.1 Å².